The van der Waals surface area contributed by atoms with E-state index in [1.807, 2.05) is 12.1 Å². The van der Waals surface area contributed by atoms with Crippen LogP contribution >= 0.6 is 0 Å². The van der Waals surface area contributed by atoms with Crippen molar-refractivity contribution in [3.8, 4) is 45.0 Å². The molecule has 0 N–H and O–H groups in total. The summed E-state index contributed by atoms with van der Waals surface area (Å²) in [5.41, 5.74) is 9.81. The molecule has 0 amide bonds. The zero-order chi connectivity index (χ0) is 30.8. The van der Waals surface area contributed by atoms with Gasteiger partial charge in [-0.3, -0.25) is 0 Å². The van der Waals surface area contributed by atoms with Crippen LogP contribution in [0.1, 0.15) is 12.0 Å². The van der Waals surface area contributed by atoms with Crippen LogP contribution in [0.25, 0.3) is 50.6 Å². The van der Waals surface area contributed by atoms with Gasteiger partial charge < -0.3 is 0 Å². The van der Waals surface area contributed by atoms with Crippen molar-refractivity contribution in [3.63, 3.8) is 0 Å². The van der Waals surface area contributed by atoms with E-state index in [1.165, 1.54) is 11.1 Å². The van der Waals surface area contributed by atoms with Crippen molar-refractivity contribution >= 4 is 5.57 Å². The van der Waals surface area contributed by atoms with Crippen LogP contribution in [0.3, 0.4) is 0 Å². The van der Waals surface area contributed by atoms with Crippen molar-refractivity contribution < 1.29 is 0 Å². The van der Waals surface area contributed by atoms with E-state index in [9.17, 15) is 0 Å². The van der Waals surface area contributed by atoms with E-state index in [4.69, 9.17) is 10.2 Å². The highest BCUT2D eigenvalue weighted by Gasteiger charge is 2.39. The maximum atomic E-state index is 5.42. The molecule has 8 rings (SSSR count). The number of nitrogens with zero attached hydrogens (tertiary/aromatic N) is 4. The Bertz CT molecular complexity index is 2020. The van der Waals surface area contributed by atoms with E-state index in [1.54, 1.807) is 0 Å². The summed E-state index contributed by atoms with van der Waals surface area (Å²) in [5, 5.41) is 10.8. The first-order valence-electron chi connectivity index (χ1n) is 15.7. The molecule has 5 aromatic carbocycles. The van der Waals surface area contributed by atoms with Crippen LogP contribution in [-0.2, 0) is 5.66 Å². The summed E-state index contributed by atoms with van der Waals surface area (Å²) in [6, 6.07) is 56.9. The minimum atomic E-state index is -0.783. The monoisotopic (exact) mass is 592 g/mol. The fourth-order valence-electron chi connectivity index (χ4n) is 6.35. The molecule has 2 heterocycles. The second-order valence-corrected chi connectivity index (χ2v) is 11.6. The zero-order valence-electron chi connectivity index (χ0n) is 25.3. The van der Waals surface area contributed by atoms with Gasteiger partial charge in [0.1, 0.15) is 0 Å². The molecule has 0 saturated carbocycles. The molecule has 2 aromatic heterocycles. The van der Waals surface area contributed by atoms with Crippen LogP contribution in [0.5, 0.6) is 0 Å². The molecule has 0 saturated heterocycles. The third kappa shape index (κ3) is 5.00. The molecule has 0 unspecified atom stereocenters. The summed E-state index contributed by atoms with van der Waals surface area (Å²) in [6.07, 6.45) is 7.50. The van der Waals surface area contributed by atoms with Crippen molar-refractivity contribution in [1.29, 1.82) is 0 Å². The quantitative estimate of drug-likeness (QED) is 0.185. The summed E-state index contributed by atoms with van der Waals surface area (Å²) in [5.74, 6) is 0. The predicted molar refractivity (Wildman–Crippen MR) is 188 cm³/mol. The van der Waals surface area contributed by atoms with Crippen molar-refractivity contribution in [2.45, 2.75) is 12.1 Å². The Kier molecular flexibility index (Phi) is 7.08. The van der Waals surface area contributed by atoms with Gasteiger partial charge in [-0.2, -0.15) is 10.2 Å². The van der Waals surface area contributed by atoms with Crippen LogP contribution in [-0.4, -0.2) is 19.6 Å². The fraction of sp³-hybridized carbons (Fsp3) is 0.0476. The lowest BCUT2D eigenvalue weighted by Crippen LogP contribution is -2.42. The molecule has 0 aliphatic heterocycles. The van der Waals surface area contributed by atoms with E-state index >= 15 is 0 Å². The molecular formula is C42H32N4. The van der Waals surface area contributed by atoms with Crippen LogP contribution in [0, 0.1) is 0 Å². The van der Waals surface area contributed by atoms with E-state index in [0.29, 0.717) is 6.42 Å². The summed E-state index contributed by atoms with van der Waals surface area (Å²) >= 11 is 0. The summed E-state index contributed by atoms with van der Waals surface area (Å²) in [4.78, 5) is 0. The number of hydrogen-bond acceptors (Lipinski definition) is 2. The largest absolute Gasteiger partial charge is 0.233 e. The highest BCUT2D eigenvalue weighted by molar-refractivity contribution is 5.77. The Hall–Kier alpha value is -6.00. The number of benzene rings is 5. The third-order valence-electron chi connectivity index (χ3n) is 8.69. The number of aromatic nitrogens is 4. The zero-order valence-corrected chi connectivity index (χ0v) is 25.3. The number of rotatable bonds is 7. The van der Waals surface area contributed by atoms with Gasteiger partial charge >= 0.3 is 0 Å². The third-order valence-corrected chi connectivity index (χ3v) is 8.69. The summed E-state index contributed by atoms with van der Waals surface area (Å²) in [7, 11) is 0. The topological polar surface area (TPSA) is 35.6 Å². The van der Waals surface area contributed by atoms with E-state index in [2.05, 4.69) is 179 Å². The Balaban J connectivity index is 1.41. The van der Waals surface area contributed by atoms with Gasteiger partial charge in [-0.1, -0.05) is 164 Å². The van der Waals surface area contributed by atoms with Gasteiger partial charge in [0.15, 0.2) is 5.66 Å². The minimum Gasteiger partial charge on any atom is -0.233 e. The van der Waals surface area contributed by atoms with E-state index in [0.717, 1.165) is 45.0 Å². The Morgan fingerprint density at radius 1 is 0.435 bits per heavy atom. The lowest BCUT2D eigenvalue weighted by Gasteiger charge is -2.36. The van der Waals surface area contributed by atoms with Gasteiger partial charge in [0.25, 0.3) is 0 Å². The Morgan fingerprint density at radius 3 is 1.17 bits per heavy atom. The number of hydrogen-bond donors (Lipinski definition) is 0. The number of allylic oxidation sites excluding steroid dienone is 4. The molecule has 1 aliphatic carbocycles. The van der Waals surface area contributed by atoms with Crippen molar-refractivity contribution in [3.05, 3.63) is 188 Å². The molecule has 7 aromatic rings. The van der Waals surface area contributed by atoms with Gasteiger partial charge in [-0.15, -0.1) is 0 Å². The van der Waals surface area contributed by atoms with Crippen LogP contribution in [0.4, 0.5) is 0 Å². The smallest absolute Gasteiger partial charge is 0.177 e. The highest BCUT2D eigenvalue weighted by Crippen LogP contribution is 2.41. The van der Waals surface area contributed by atoms with Crippen LogP contribution in [0.15, 0.2) is 182 Å². The minimum absolute atomic E-state index is 0.652. The van der Waals surface area contributed by atoms with Crippen molar-refractivity contribution in [2.75, 3.05) is 0 Å². The molecule has 4 heteroatoms. The average molecular weight is 593 g/mol. The predicted octanol–water partition coefficient (Wildman–Crippen LogP) is 9.99. The summed E-state index contributed by atoms with van der Waals surface area (Å²) in [6.45, 7) is 0. The Labute approximate surface area is 269 Å². The molecule has 0 atom stereocenters. The second-order valence-electron chi connectivity index (χ2n) is 11.6. The average Bonchev–Trinajstić information content (AvgIpc) is 3.81. The Morgan fingerprint density at radius 2 is 0.804 bits per heavy atom. The molecular weight excluding hydrogens is 560 g/mol. The first-order valence-corrected chi connectivity index (χ1v) is 15.7. The highest BCUT2D eigenvalue weighted by atomic mass is 15.5. The standard InChI is InChI=1S/C42H32N4/c1-6-16-32(17-7-1)33-26-28-42(29-27-33,45-40(36-22-12-4-13-23-36)30-38(43-45)34-18-8-2-9-19-34)46-41(37-24-14-5-15-25-37)31-39(44-46)35-20-10-3-11-21-35/h1-28,30-31H,29H2. The van der Waals surface area contributed by atoms with Crippen LogP contribution < -0.4 is 0 Å². The van der Waals surface area contributed by atoms with Crippen molar-refractivity contribution in [2.24, 2.45) is 0 Å². The molecule has 0 bridgehead atoms. The van der Waals surface area contributed by atoms with Gasteiger partial charge in [0.2, 0.25) is 0 Å². The van der Waals surface area contributed by atoms with Gasteiger partial charge in [-0.05, 0) is 40.5 Å². The lowest BCUT2D eigenvalue weighted by atomic mass is 9.92. The molecule has 0 fully saturated rings. The summed E-state index contributed by atoms with van der Waals surface area (Å²) < 4.78 is 4.38. The normalized spacial score (nSPS) is 13.8. The SMILES string of the molecule is C1=CC(n2nc(-c3ccccc3)cc2-c2ccccc2)(n2nc(-c3ccccc3)cc2-c2ccccc2)CC=C1c1ccccc1. The second kappa shape index (κ2) is 11.8. The fourth-order valence-corrected chi connectivity index (χ4v) is 6.35. The van der Waals surface area contributed by atoms with Crippen LogP contribution in [0.2, 0.25) is 0 Å². The molecule has 1 aliphatic rings. The first kappa shape index (κ1) is 27.5. The van der Waals surface area contributed by atoms with E-state index < -0.39 is 5.66 Å². The maximum absolute atomic E-state index is 5.42. The van der Waals surface area contributed by atoms with Gasteiger partial charge in [0, 0.05) is 17.5 Å². The van der Waals surface area contributed by atoms with E-state index in [-0.39, 0.29) is 0 Å². The molecule has 0 radical (unpaired) electrons. The maximum Gasteiger partial charge on any atom is 0.177 e. The van der Waals surface area contributed by atoms with Gasteiger partial charge in [-0.25, -0.2) is 9.36 Å². The molecule has 0 spiro atoms. The molecule has 220 valence electrons. The van der Waals surface area contributed by atoms with Crippen molar-refractivity contribution in [1.82, 2.24) is 19.6 Å². The first-order chi connectivity index (χ1) is 22.8. The lowest BCUT2D eigenvalue weighted by molar-refractivity contribution is 0.258. The molecule has 4 nitrogen and oxygen atoms in total. The van der Waals surface area contributed by atoms with Gasteiger partial charge in [0.05, 0.1) is 22.8 Å². The molecule has 46 heavy (non-hydrogen) atoms.